The first-order valence-electron chi connectivity index (χ1n) is 12.3. The van der Waals surface area contributed by atoms with Crippen LogP contribution in [0.1, 0.15) is 24.8 Å². The quantitative estimate of drug-likeness (QED) is 0.530. The fourth-order valence-electron chi connectivity index (χ4n) is 4.93. The summed E-state index contributed by atoms with van der Waals surface area (Å²) in [6, 6.07) is 16.3. The predicted octanol–water partition coefficient (Wildman–Crippen LogP) is 4.45. The lowest BCUT2D eigenvalue weighted by Crippen LogP contribution is -2.34. The summed E-state index contributed by atoms with van der Waals surface area (Å²) >= 11 is 0. The van der Waals surface area contributed by atoms with Gasteiger partial charge in [0.15, 0.2) is 11.5 Å². The van der Waals surface area contributed by atoms with Gasteiger partial charge in [-0.15, -0.1) is 0 Å². The second-order valence-corrected chi connectivity index (χ2v) is 9.11. The minimum absolute atomic E-state index is 0.00620. The molecule has 3 aromatic carbocycles. The van der Waals surface area contributed by atoms with Gasteiger partial charge in [0.1, 0.15) is 0 Å². The first kappa shape index (κ1) is 25.4. The first-order valence-corrected chi connectivity index (χ1v) is 12.3. The zero-order chi connectivity index (χ0) is 25.7. The molecule has 7 heteroatoms. The van der Waals surface area contributed by atoms with E-state index < -0.39 is 0 Å². The molecule has 1 N–H and O–H groups in total. The largest absolute Gasteiger partial charge is 0.493 e. The Kier molecular flexibility index (Phi) is 7.98. The number of likely N-dealkylation sites (tertiary alicyclic amines) is 1. The Balaban J connectivity index is 1.51. The summed E-state index contributed by atoms with van der Waals surface area (Å²) in [5.41, 5.74) is 2.97. The van der Waals surface area contributed by atoms with E-state index in [1.807, 2.05) is 23.1 Å². The van der Waals surface area contributed by atoms with Crippen molar-refractivity contribution in [1.29, 1.82) is 0 Å². The molecule has 2 amide bonds. The number of nitrogens with one attached hydrogen (secondary N) is 1. The molecule has 1 fully saturated rings. The van der Waals surface area contributed by atoms with Gasteiger partial charge in [0.05, 0.1) is 27.8 Å². The van der Waals surface area contributed by atoms with Crippen LogP contribution in [-0.4, -0.2) is 58.2 Å². The second kappa shape index (κ2) is 11.3. The van der Waals surface area contributed by atoms with Gasteiger partial charge in [0, 0.05) is 26.1 Å². The van der Waals surface area contributed by atoms with Gasteiger partial charge in [-0.2, -0.15) is 0 Å². The van der Waals surface area contributed by atoms with E-state index in [1.54, 1.807) is 28.4 Å². The second-order valence-electron chi connectivity index (χ2n) is 9.11. The molecule has 0 saturated carbocycles. The van der Waals surface area contributed by atoms with Crippen LogP contribution < -0.4 is 19.5 Å². The van der Waals surface area contributed by atoms with Crippen LogP contribution >= 0.6 is 0 Å². The highest BCUT2D eigenvalue weighted by molar-refractivity contribution is 5.89. The standard InChI is InChI=1S/C29H34N2O5/c1-30-29(33)20-6-5-12-31(13-11-20)27(32)15-19-7-8-22-16-23(10-9-21(22)14-19)24-17-25(34-2)28(36-4)26(18-24)35-3/h7-10,14,16-18,20H,5-6,11-13,15H2,1-4H3,(H,30,33). The average molecular weight is 491 g/mol. The first-order chi connectivity index (χ1) is 17.5. The van der Waals surface area contributed by atoms with Gasteiger partial charge in [-0.3, -0.25) is 9.59 Å². The number of carbonyl (C=O) groups is 2. The maximum Gasteiger partial charge on any atom is 0.226 e. The van der Waals surface area contributed by atoms with E-state index >= 15 is 0 Å². The van der Waals surface area contributed by atoms with Crippen molar-refractivity contribution in [2.45, 2.75) is 25.7 Å². The van der Waals surface area contributed by atoms with Crippen LogP contribution in [0.3, 0.4) is 0 Å². The van der Waals surface area contributed by atoms with E-state index in [0.29, 0.717) is 43.2 Å². The Bertz CT molecular complexity index is 1230. The molecule has 1 aliphatic rings. The molecule has 1 saturated heterocycles. The van der Waals surface area contributed by atoms with Gasteiger partial charge in [-0.25, -0.2) is 0 Å². The number of benzene rings is 3. The number of rotatable bonds is 7. The summed E-state index contributed by atoms with van der Waals surface area (Å²) in [6.45, 7) is 1.33. The number of hydrogen-bond acceptors (Lipinski definition) is 5. The summed E-state index contributed by atoms with van der Waals surface area (Å²) < 4.78 is 16.4. The number of ether oxygens (including phenoxy) is 3. The fourth-order valence-corrected chi connectivity index (χ4v) is 4.93. The van der Waals surface area contributed by atoms with Crippen LogP contribution in [0, 0.1) is 5.92 Å². The minimum Gasteiger partial charge on any atom is -0.493 e. The Morgan fingerprint density at radius 2 is 1.56 bits per heavy atom. The Hall–Kier alpha value is -3.74. The Morgan fingerprint density at radius 3 is 2.22 bits per heavy atom. The third-order valence-electron chi connectivity index (χ3n) is 6.96. The number of nitrogens with zero attached hydrogens (tertiary/aromatic N) is 1. The minimum atomic E-state index is -0.00620. The zero-order valence-electron chi connectivity index (χ0n) is 21.4. The highest BCUT2D eigenvalue weighted by atomic mass is 16.5. The van der Waals surface area contributed by atoms with Crippen molar-refractivity contribution in [2.24, 2.45) is 5.92 Å². The molecular formula is C29H34N2O5. The van der Waals surface area contributed by atoms with Crippen LogP contribution in [0.4, 0.5) is 0 Å². The van der Waals surface area contributed by atoms with E-state index in [4.69, 9.17) is 14.2 Å². The third kappa shape index (κ3) is 5.40. The molecule has 0 bridgehead atoms. The lowest BCUT2D eigenvalue weighted by Gasteiger charge is -2.21. The van der Waals surface area contributed by atoms with Crippen molar-refractivity contribution in [1.82, 2.24) is 10.2 Å². The van der Waals surface area contributed by atoms with Gasteiger partial charge < -0.3 is 24.4 Å². The summed E-state index contributed by atoms with van der Waals surface area (Å²) in [6.07, 6.45) is 2.75. The van der Waals surface area contributed by atoms with E-state index in [-0.39, 0.29) is 17.7 Å². The van der Waals surface area contributed by atoms with Crippen molar-refractivity contribution >= 4 is 22.6 Å². The van der Waals surface area contributed by atoms with Crippen molar-refractivity contribution in [3.63, 3.8) is 0 Å². The van der Waals surface area contributed by atoms with Gasteiger partial charge in [0.2, 0.25) is 17.6 Å². The Morgan fingerprint density at radius 1 is 0.861 bits per heavy atom. The highest BCUT2D eigenvalue weighted by Gasteiger charge is 2.24. The molecule has 36 heavy (non-hydrogen) atoms. The van der Waals surface area contributed by atoms with Gasteiger partial charge in [-0.1, -0.05) is 30.3 Å². The van der Waals surface area contributed by atoms with Crippen molar-refractivity contribution in [3.8, 4) is 28.4 Å². The fraction of sp³-hybridized carbons (Fsp3) is 0.379. The normalized spacial score (nSPS) is 15.8. The molecule has 4 rings (SSSR count). The van der Waals surface area contributed by atoms with Crippen LogP contribution in [0.15, 0.2) is 48.5 Å². The van der Waals surface area contributed by atoms with Crippen LogP contribution in [0.25, 0.3) is 21.9 Å². The van der Waals surface area contributed by atoms with E-state index in [0.717, 1.165) is 40.3 Å². The van der Waals surface area contributed by atoms with Crippen molar-refractivity contribution in [3.05, 3.63) is 54.1 Å². The smallest absolute Gasteiger partial charge is 0.226 e. The summed E-state index contributed by atoms with van der Waals surface area (Å²) in [5.74, 6) is 1.96. The van der Waals surface area contributed by atoms with Crippen LogP contribution in [0.2, 0.25) is 0 Å². The summed E-state index contributed by atoms with van der Waals surface area (Å²) in [5, 5.41) is 4.89. The number of carbonyl (C=O) groups excluding carboxylic acids is 2. The lowest BCUT2D eigenvalue weighted by atomic mass is 9.98. The van der Waals surface area contributed by atoms with Crippen molar-refractivity contribution < 1.29 is 23.8 Å². The average Bonchev–Trinajstić information content (AvgIpc) is 3.18. The molecule has 7 nitrogen and oxygen atoms in total. The van der Waals surface area contributed by atoms with Crippen molar-refractivity contribution in [2.75, 3.05) is 41.5 Å². The molecule has 190 valence electrons. The third-order valence-corrected chi connectivity index (χ3v) is 6.96. The van der Waals surface area contributed by atoms with Crippen LogP contribution in [-0.2, 0) is 16.0 Å². The van der Waals surface area contributed by atoms with E-state index in [9.17, 15) is 9.59 Å². The highest BCUT2D eigenvalue weighted by Crippen LogP contribution is 2.41. The monoisotopic (exact) mass is 490 g/mol. The lowest BCUT2D eigenvalue weighted by molar-refractivity contribution is -0.131. The molecule has 1 aliphatic heterocycles. The van der Waals surface area contributed by atoms with E-state index in [2.05, 4.69) is 35.6 Å². The molecule has 0 spiro atoms. The summed E-state index contributed by atoms with van der Waals surface area (Å²) in [7, 11) is 6.47. The zero-order valence-corrected chi connectivity index (χ0v) is 21.4. The maximum atomic E-state index is 13.0. The van der Waals surface area contributed by atoms with Gasteiger partial charge in [-0.05, 0) is 64.9 Å². The molecular weight excluding hydrogens is 456 g/mol. The SMILES string of the molecule is CNC(=O)C1CCCN(C(=O)Cc2ccc3cc(-c4cc(OC)c(OC)c(OC)c4)ccc3c2)CC1. The molecule has 3 aromatic rings. The number of amides is 2. The number of hydrogen-bond donors (Lipinski definition) is 1. The maximum absolute atomic E-state index is 13.0. The van der Waals surface area contributed by atoms with Gasteiger partial charge >= 0.3 is 0 Å². The number of methoxy groups -OCH3 is 3. The molecule has 0 radical (unpaired) electrons. The van der Waals surface area contributed by atoms with Gasteiger partial charge in [0.25, 0.3) is 0 Å². The van der Waals surface area contributed by atoms with Crippen LogP contribution in [0.5, 0.6) is 17.2 Å². The molecule has 1 atom stereocenters. The Labute approximate surface area is 212 Å². The predicted molar refractivity (Wildman–Crippen MR) is 141 cm³/mol. The topological polar surface area (TPSA) is 77.1 Å². The number of fused-ring (bicyclic) bond motifs is 1. The molecule has 0 aliphatic carbocycles. The molecule has 1 unspecified atom stereocenters. The van der Waals surface area contributed by atoms with E-state index in [1.165, 1.54) is 0 Å². The summed E-state index contributed by atoms with van der Waals surface area (Å²) in [4.78, 5) is 26.9. The molecule has 0 aromatic heterocycles. The molecule has 1 heterocycles.